The highest BCUT2D eigenvalue weighted by molar-refractivity contribution is 5.90. The summed E-state index contributed by atoms with van der Waals surface area (Å²) in [6.45, 7) is 3.55. The zero-order valence-electron chi connectivity index (χ0n) is 9.71. The van der Waals surface area contributed by atoms with Crippen molar-refractivity contribution in [1.29, 1.82) is 0 Å². The van der Waals surface area contributed by atoms with Crippen molar-refractivity contribution in [3.63, 3.8) is 0 Å². The van der Waals surface area contributed by atoms with Crippen molar-refractivity contribution in [2.45, 2.75) is 19.8 Å². The molecule has 0 saturated heterocycles. The minimum absolute atomic E-state index is 0.331. The van der Waals surface area contributed by atoms with E-state index in [1.807, 2.05) is 12.1 Å². The number of nitrogens with zero attached hydrogens (tertiary/aromatic N) is 3. The third-order valence-corrected chi connectivity index (χ3v) is 2.34. The van der Waals surface area contributed by atoms with Gasteiger partial charge in [0.25, 0.3) is 5.91 Å². The molecule has 2 heterocycles. The zero-order valence-corrected chi connectivity index (χ0v) is 9.71. The monoisotopic (exact) mass is 234 g/mol. The predicted molar refractivity (Wildman–Crippen MR) is 62.8 cm³/mol. The number of carbonyl (C=O) groups excluding carboxylic acids is 1. The Bertz CT molecular complexity index is 547. The van der Waals surface area contributed by atoms with Gasteiger partial charge >= 0.3 is 0 Å². The summed E-state index contributed by atoms with van der Waals surface area (Å²) < 4.78 is 1.61. The van der Waals surface area contributed by atoms with Crippen molar-refractivity contribution >= 4 is 17.4 Å². The number of anilines is 1. The molecule has 0 aromatic carbocycles. The standard InChI is InChI=1S/C11H14N4O2/c1-7(2)8-3-4-10-12-9(5-15(10)14-8)13-11(17)6-16/h3-5,7,16H,6H2,1-2H3,(H,13,17). The lowest BCUT2D eigenvalue weighted by Gasteiger charge is -2.02. The fraction of sp³-hybridized carbons (Fsp3) is 0.364. The number of hydrogen-bond acceptors (Lipinski definition) is 4. The first-order chi connectivity index (χ1) is 8.10. The maximum absolute atomic E-state index is 11.0. The average Bonchev–Trinajstić information content (AvgIpc) is 2.69. The van der Waals surface area contributed by atoms with Gasteiger partial charge in [-0.1, -0.05) is 13.8 Å². The molecular weight excluding hydrogens is 220 g/mol. The lowest BCUT2D eigenvalue weighted by atomic mass is 10.1. The first-order valence-corrected chi connectivity index (χ1v) is 5.37. The number of nitrogens with one attached hydrogen (secondary N) is 1. The van der Waals surface area contributed by atoms with Crippen LogP contribution in [0.5, 0.6) is 0 Å². The summed E-state index contributed by atoms with van der Waals surface area (Å²) in [4.78, 5) is 15.2. The molecule has 2 aromatic heterocycles. The quantitative estimate of drug-likeness (QED) is 0.822. The molecule has 0 radical (unpaired) electrons. The second-order valence-corrected chi connectivity index (χ2v) is 4.05. The molecule has 2 N–H and O–H groups in total. The van der Waals surface area contributed by atoms with Gasteiger partial charge in [0.05, 0.1) is 11.9 Å². The van der Waals surface area contributed by atoms with E-state index in [1.54, 1.807) is 10.7 Å². The third-order valence-electron chi connectivity index (χ3n) is 2.34. The number of imidazole rings is 1. The van der Waals surface area contributed by atoms with Gasteiger partial charge in [-0.05, 0) is 18.1 Å². The Balaban J connectivity index is 2.33. The molecule has 1 amide bonds. The van der Waals surface area contributed by atoms with Crippen LogP contribution in [-0.2, 0) is 4.79 Å². The summed E-state index contributed by atoms with van der Waals surface area (Å²) in [5.41, 5.74) is 1.61. The Hall–Kier alpha value is -1.95. The summed E-state index contributed by atoms with van der Waals surface area (Å²) in [6, 6.07) is 3.75. The summed E-state index contributed by atoms with van der Waals surface area (Å²) in [7, 11) is 0. The molecule has 2 aromatic rings. The molecule has 2 rings (SSSR count). The molecule has 6 heteroatoms. The SMILES string of the molecule is CC(C)c1ccc2nc(NC(=O)CO)cn2n1. The van der Waals surface area contributed by atoms with Crippen molar-refractivity contribution in [3.8, 4) is 0 Å². The van der Waals surface area contributed by atoms with E-state index in [0.717, 1.165) is 5.69 Å². The van der Waals surface area contributed by atoms with Crippen LogP contribution in [-0.4, -0.2) is 32.2 Å². The van der Waals surface area contributed by atoms with E-state index in [4.69, 9.17) is 5.11 Å². The summed E-state index contributed by atoms with van der Waals surface area (Å²) in [6.07, 6.45) is 1.62. The van der Waals surface area contributed by atoms with E-state index in [9.17, 15) is 4.79 Å². The van der Waals surface area contributed by atoms with Crippen LogP contribution in [0.4, 0.5) is 5.82 Å². The van der Waals surface area contributed by atoms with Crippen LogP contribution in [0.3, 0.4) is 0 Å². The van der Waals surface area contributed by atoms with Gasteiger partial charge in [-0.2, -0.15) is 5.10 Å². The first kappa shape index (κ1) is 11.5. The second kappa shape index (κ2) is 4.50. The van der Waals surface area contributed by atoms with Crippen LogP contribution in [0.25, 0.3) is 5.65 Å². The number of hydrogen-bond donors (Lipinski definition) is 2. The molecule has 0 fully saturated rings. The Morgan fingerprint density at radius 2 is 2.29 bits per heavy atom. The Labute approximate surface area is 98.3 Å². The number of carbonyl (C=O) groups is 1. The average molecular weight is 234 g/mol. The van der Waals surface area contributed by atoms with Crippen LogP contribution in [0, 0.1) is 0 Å². The number of aromatic nitrogens is 3. The van der Waals surface area contributed by atoms with Gasteiger partial charge in [0.15, 0.2) is 11.5 Å². The van der Waals surface area contributed by atoms with E-state index in [1.165, 1.54) is 0 Å². The van der Waals surface area contributed by atoms with E-state index in [0.29, 0.717) is 17.4 Å². The minimum Gasteiger partial charge on any atom is -0.387 e. The molecule has 0 aliphatic heterocycles. The molecule has 0 bridgehead atoms. The van der Waals surface area contributed by atoms with Crippen molar-refractivity contribution in [2.24, 2.45) is 0 Å². The third kappa shape index (κ3) is 2.42. The fourth-order valence-electron chi connectivity index (χ4n) is 1.45. The van der Waals surface area contributed by atoms with Gasteiger partial charge in [0.1, 0.15) is 6.61 Å². The van der Waals surface area contributed by atoms with Gasteiger partial charge < -0.3 is 10.4 Å². The maximum Gasteiger partial charge on any atom is 0.251 e. The molecule has 0 atom stereocenters. The van der Waals surface area contributed by atoms with Crippen molar-refractivity contribution in [3.05, 3.63) is 24.0 Å². The molecular formula is C11H14N4O2. The highest BCUT2D eigenvalue weighted by Crippen LogP contribution is 2.14. The van der Waals surface area contributed by atoms with Crippen LogP contribution < -0.4 is 5.32 Å². The van der Waals surface area contributed by atoms with E-state index in [2.05, 4.69) is 29.2 Å². The largest absolute Gasteiger partial charge is 0.387 e. The Kier molecular flexibility index (Phi) is 3.06. The lowest BCUT2D eigenvalue weighted by molar-refractivity contribution is -0.118. The minimum atomic E-state index is -0.557. The van der Waals surface area contributed by atoms with Gasteiger partial charge in [-0.15, -0.1) is 0 Å². The smallest absolute Gasteiger partial charge is 0.251 e. The number of aliphatic hydroxyl groups excluding tert-OH is 1. The van der Waals surface area contributed by atoms with Crippen LogP contribution in [0.1, 0.15) is 25.5 Å². The highest BCUT2D eigenvalue weighted by Gasteiger charge is 2.07. The van der Waals surface area contributed by atoms with Gasteiger partial charge in [0, 0.05) is 0 Å². The molecule has 0 unspecified atom stereocenters. The van der Waals surface area contributed by atoms with Crippen molar-refractivity contribution in [2.75, 3.05) is 11.9 Å². The van der Waals surface area contributed by atoms with Gasteiger partial charge in [-0.3, -0.25) is 4.79 Å². The Morgan fingerprint density at radius 3 is 2.94 bits per heavy atom. The van der Waals surface area contributed by atoms with E-state index < -0.39 is 12.5 Å². The lowest BCUT2D eigenvalue weighted by Crippen LogP contribution is -2.15. The molecule has 0 saturated carbocycles. The number of amides is 1. The van der Waals surface area contributed by atoms with E-state index in [-0.39, 0.29) is 0 Å². The number of rotatable bonds is 3. The topological polar surface area (TPSA) is 79.5 Å². The molecule has 6 nitrogen and oxygen atoms in total. The molecule has 0 spiro atoms. The summed E-state index contributed by atoms with van der Waals surface area (Å²) in [5.74, 6) is 0.229. The van der Waals surface area contributed by atoms with Crippen LogP contribution in [0.2, 0.25) is 0 Å². The van der Waals surface area contributed by atoms with Gasteiger partial charge in [0.2, 0.25) is 0 Å². The van der Waals surface area contributed by atoms with E-state index >= 15 is 0 Å². The first-order valence-electron chi connectivity index (χ1n) is 5.37. The zero-order chi connectivity index (χ0) is 12.4. The Morgan fingerprint density at radius 1 is 1.53 bits per heavy atom. The molecule has 90 valence electrons. The summed E-state index contributed by atoms with van der Waals surface area (Å²) >= 11 is 0. The number of fused-ring (bicyclic) bond motifs is 1. The molecule has 0 aliphatic rings. The molecule has 0 aliphatic carbocycles. The maximum atomic E-state index is 11.0. The normalized spacial score (nSPS) is 11.1. The summed E-state index contributed by atoms with van der Waals surface area (Å²) in [5, 5.41) is 15.5. The highest BCUT2D eigenvalue weighted by atomic mass is 16.3. The second-order valence-electron chi connectivity index (χ2n) is 4.05. The predicted octanol–water partition coefficient (Wildman–Crippen LogP) is 0.783. The van der Waals surface area contributed by atoms with Crippen LogP contribution >= 0.6 is 0 Å². The van der Waals surface area contributed by atoms with Crippen molar-refractivity contribution < 1.29 is 9.90 Å². The van der Waals surface area contributed by atoms with Crippen molar-refractivity contribution in [1.82, 2.24) is 14.6 Å². The molecule has 17 heavy (non-hydrogen) atoms. The van der Waals surface area contributed by atoms with Gasteiger partial charge in [-0.25, -0.2) is 9.50 Å². The number of aliphatic hydroxyl groups is 1. The fourth-order valence-corrected chi connectivity index (χ4v) is 1.45. The van der Waals surface area contributed by atoms with Crippen LogP contribution in [0.15, 0.2) is 18.3 Å².